The van der Waals surface area contributed by atoms with Gasteiger partial charge in [0.25, 0.3) is 0 Å². The van der Waals surface area contributed by atoms with E-state index in [4.69, 9.17) is 9.97 Å². The van der Waals surface area contributed by atoms with E-state index in [0.717, 1.165) is 63.0 Å². The van der Waals surface area contributed by atoms with Gasteiger partial charge in [0.05, 0.1) is 11.3 Å². The highest BCUT2D eigenvalue weighted by Gasteiger charge is 2.27. The Morgan fingerprint density at radius 2 is 1.88 bits per heavy atom. The number of carbonyl (C=O) groups excluding carboxylic acids is 1. The monoisotopic (exact) mass is 352 g/mol. The van der Waals surface area contributed by atoms with Crippen molar-refractivity contribution in [3.05, 3.63) is 35.7 Å². The Kier molecular flexibility index (Phi) is 4.69. The molecule has 0 unspecified atom stereocenters. The lowest BCUT2D eigenvalue weighted by atomic mass is 9.95. The molecular weight excluding hydrogens is 328 g/mol. The van der Waals surface area contributed by atoms with Crippen LogP contribution in [0.3, 0.4) is 0 Å². The molecule has 1 aliphatic carbocycles. The van der Waals surface area contributed by atoms with Crippen molar-refractivity contribution in [2.75, 3.05) is 47.8 Å². The highest BCUT2D eigenvalue weighted by molar-refractivity contribution is 6.02. The minimum atomic E-state index is 0.161. The van der Waals surface area contributed by atoms with Crippen LogP contribution in [0, 0.1) is 0 Å². The van der Waals surface area contributed by atoms with Gasteiger partial charge in [-0.05, 0) is 31.9 Å². The van der Waals surface area contributed by atoms with Gasteiger partial charge >= 0.3 is 0 Å². The van der Waals surface area contributed by atoms with Gasteiger partial charge in [-0.25, -0.2) is 9.97 Å². The number of hydrogen-bond donors (Lipinski definition) is 1. The Bertz CT molecular complexity index is 786. The Morgan fingerprint density at radius 1 is 1.08 bits per heavy atom. The molecule has 0 bridgehead atoms. The van der Waals surface area contributed by atoms with Crippen molar-refractivity contribution in [2.45, 2.75) is 26.2 Å². The fourth-order valence-electron chi connectivity index (χ4n) is 3.62. The van der Waals surface area contributed by atoms with Crippen molar-refractivity contribution in [1.29, 1.82) is 0 Å². The number of aryl methyl sites for hydroxylation is 1. The van der Waals surface area contributed by atoms with Crippen LogP contribution in [0.2, 0.25) is 0 Å². The molecule has 3 heterocycles. The molecule has 2 aromatic heterocycles. The molecule has 1 fully saturated rings. The van der Waals surface area contributed by atoms with Crippen LogP contribution in [0.1, 0.15) is 35.8 Å². The van der Waals surface area contributed by atoms with Crippen molar-refractivity contribution < 1.29 is 4.79 Å². The van der Waals surface area contributed by atoms with Gasteiger partial charge in [-0.1, -0.05) is 6.07 Å². The number of Topliss-reactive ketones (excluding diaryl/α,β-unsaturated/α-hetero) is 1. The summed E-state index contributed by atoms with van der Waals surface area (Å²) in [6.45, 7) is 6.21. The van der Waals surface area contributed by atoms with E-state index >= 15 is 0 Å². The minimum absolute atomic E-state index is 0.161. The van der Waals surface area contributed by atoms with Gasteiger partial charge < -0.3 is 15.1 Å². The number of nitrogens with one attached hydrogen (secondary N) is 1. The van der Waals surface area contributed by atoms with E-state index in [1.165, 1.54) is 0 Å². The van der Waals surface area contributed by atoms with E-state index in [1.54, 1.807) is 0 Å². The highest BCUT2D eigenvalue weighted by atomic mass is 16.1. The number of ketones is 1. The molecule has 0 aromatic carbocycles. The van der Waals surface area contributed by atoms with Crippen LogP contribution in [-0.4, -0.2) is 53.5 Å². The number of piperazine rings is 1. The maximum Gasteiger partial charge on any atom is 0.227 e. The summed E-state index contributed by atoms with van der Waals surface area (Å²) in [6, 6.07) is 5.99. The van der Waals surface area contributed by atoms with Crippen LogP contribution in [0.15, 0.2) is 24.4 Å². The second kappa shape index (κ2) is 7.27. The van der Waals surface area contributed by atoms with Crippen LogP contribution in [0.4, 0.5) is 17.6 Å². The molecule has 1 aliphatic heterocycles. The predicted octanol–water partition coefficient (Wildman–Crippen LogP) is 2.15. The summed E-state index contributed by atoms with van der Waals surface area (Å²) in [5.41, 5.74) is 1.60. The molecule has 1 saturated heterocycles. The Morgan fingerprint density at radius 3 is 2.62 bits per heavy atom. The molecule has 4 rings (SSSR count). The lowest BCUT2D eigenvalue weighted by Gasteiger charge is -2.36. The Balaban J connectivity index is 1.55. The molecule has 7 nitrogen and oxygen atoms in total. The van der Waals surface area contributed by atoms with E-state index in [1.807, 2.05) is 31.3 Å². The smallest absolute Gasteiger partial charge is 0.227 e. The zero-order valence-electron chi connectivity index (χ0n) is 15.1. The van der Waals surface area contributed by atoms with Crippen molar-refractivity contribution in [1.82, 2.24) is 15.0 Å². The molecule has 26 heavy (non-hydrogen) atoms. The standard InChI is InChI=1S/C19H24N6O/c1-2-20-18-17-14(6-5-7-15(17)26)22-19(23-18)25-12-10-24(11-13-25)16-8-3-4-9-21-16/h3-4,8-9H,2,5-7,10-13H2,1H3,(H,20,22,23). The third kappa shape index (κ3) is 3.21. The first kappa shape index (κ1) is 16.8. The Labute approximate surface area is 153 Å². The Hall–Kier alpha value is -2.70. The number of anilines is 3. The maximum atomic E-state index is 12.3. The lowest BCUT2D eigenvalue weighted by Crippen LogP contribution is -2.47. The van der Waals surface area contributed by atoms with Gasteiger partial charge in [0.2, 0.25) is 5.95 Å². The normalized spacial score (nSPS) is 17.2. The molecule has 0 radical (unpaired) electrons. The van der Waals surface area contributed by atoms with Crippen LogP contribution in [0.25, 0.3) is 0 Å². The molecule has 0 amide bonds. The molecular formula is C19H24N6O. The number of hydrogen-bond acceptors (Lipinski definition) is 7. The number of aromatic nitrogens is 3. The molecule has 0 saturated carbocycles. The molecule has 0 atom stereocenters. The summed E-state index contributed by atoms with van der Waals surface area (Å²) < 4.78 is 0. The summed E-state index contributed by atoms with van der Waals surface area (Å²) in [5, 5.41) is 3.26. The fourth-order valence-corrected chi connectivity index (χ4v) is 3.62. The van der Waals surface area contributed by atoms with Crippen molar-refractivity contribution >= 4 is 23.4 Å². The van der Waals surface area contributed by atoms with E-state index < -0.39 is 0 Å². The summed E-state index contributed by atoms with van der Waals surface area (Å²) in [4.78, 5) is 30.7. The zero-order chi connectivity index (χ0) is 17.9. The first-order chi connectivity index (χ1) is 12.8. The lowest BCUT2D eigenvalue weighted by molar-refractivity contribution is 0.0972. The third-order valence-corrected chi connectivity index (χ3v) is 4.95. The number of nitrogens with zero attached hydrogens (tertiary/aromatic N) is 5. The van der Waals surface area contributed by atoms with Crippen LogP contribution in [0.5, 0.6) is 0 Å². The number of fused-ring (bicyclic) bond motifs is 1. The second-order valence-corrected chi connectivity index (χ2v) is 6.66. The van der Waals surface area contributed by atoms with E-state index in [-0.39, 0.29) is 5.78 Å². The van der Waals surface area contributed by atoms with Gasteiger partial charge in [0.15, 0.2) is 5.78 Å². The van der Waals surface area contributed by atoms with Gasteiger partial charge in [-0.3, -0.25) is 4.79 Å². The van der Waals surface area contributed by atoms with Crippen molar-refractivity contribution in [3.63, 3.8) is 0 Å². The largest absolute Gasteiger partial charge is 0.370 e. The average molecular weight is 352 g/mol. The van der Waals surface area contributed by atoms with Gasteiger partial charge in [0.1, 0.15) is 11.6 Å². The summed E-state index contributed by atoms with van der Waals surface area (Å²) in [7, 11) is 0. The highest BCUT2D eigenvalue weighted by Crippen LogP contribution is 2.28. The fraction of sp³-hybridized carbons (Fsp3) is 0.474. The SMILES string of the molecule is CCNc1nc(N2CCN(c3ccccn3)CC2)nc2c1C(=O)CCC2. The second-order valence-electron chi connectivity index (χ2n) is 6.66. The van der Waals surface area contributed by atoms with Gasteiger partial charge in [-0.15, -0.1) is 0 Å². The van der Waals surface area contributed by atoms with Gasteiger partial charge in [-0.2, -0.15) is 4.98 Å². The molecule has 2 aromatic rings. The quantitative estimate of drug-likeness (QED) is 0.904. The number of rotatable bonds is 4. The van der Waals surface area contributed by atoms with E-state index in [9.17, 15) is 4.79 Å². The maximum absolute atomic E-state index is 12.3. The predicted molar refractivity (Wildman–Crippen MR) is 102 cm³/mol. The molecule has 7 heteroatoms. The summed E-state index contributed by atoms with van der Waals surface area (Å²) in [6.07, 6.45) is 4.15. The first-order valence-corrected chi connectivity index (χ1v) is 9.35. The van der Waals surface area contributed by atoms with Crippen LogP contribution >= 0.6 is 0 Å². The minimum Gasteiger partial charge on any atom is -0.370 e. The first-order valence-electron chi connectivity index (χ1n) is 9.35. The molecule has 1 N–H and O–H groups in total. The van der Waals surface area contributed by atoms with Crippen molar-refractivity contribution in [2.24, 2.45) is 0 Å². The van der Waals surface area contributed by atoms with Gasteiger partial charge in [0, 0.05) is 45.3 Å². The topological polar surface area (TPSA) is 74.2 Å². The number of carbonyl (C=O) groups is 1. The molecule has 136 valence electrons. The number of pyridine rings is 1. The third-order valence-electron chi connectivity index (χ3n) is 4.95. The van der Waals surface area contributed by atoms with Crippen LogP contribution < -0.4 is 15.1 Å². The molecule has 2 aliphatic rings. The van der Waals surface area contributed by atoms with E-state index in [0.29, 0.717) is 17.8 Å². The molecule has 0 spiro atoms. The van der Waals surface area contributed by atoms with E-state index in [2.05, 4.69) is 20.1 Å². The van der Waals surface area contributed by atoms with Crippen LogP contribution in [-0.2, 0) is 6.42 Å². The summed E-state index contributed by atoms with van der Waals surface area (Å²) >= 11 is 0. The average Bonchev–Trinajstić information content (AvgIpc) is 2.69. The summed E-state index contributed by atoms with van der Waals surface area (Å²) in [5.74, 6) is 2.60. The zero-order valence-corrected chi connectivity index (χ0v) is 15.1. The van der Waals surface area contributed by atoms with Crippen molar-refractivity contribution in [3.8, 4) is 0 Å².